The quantitative estimate of drug-likeness (QED) is 0.652. The third-order valence-electron chi connectivity index (χ3n) is 6.55. The second kappa shape index (κ2) is 7.90. The molecular formula is C24H23ClFN3O3. The Labute approximate surface area is 189 Å². The van der Waals surface area contributed by atoms with Crippen molar-refractivity contribution in [1.29, 1.82) is 0 Å². The Bertz CT molecular complexity index is 1280. The summed E-state index contributed by atoms with van der Waals surface area (Å²) < 4.78 is 19.4. The lowest BCUT2D eigenvalue weighted by Crippen LogP contribution is -2.50. The molecule has 0 aliphatic carbocycles. The minimum Gasteiger partial charge on any atom is -0.481 e. The zero-order valence-corrected chi connectivity index (χ0v) is 18.5. The molecule has 2 unspecified atom stereocenters. The summed E-state index contributed by atoms with van der Waals surface area (Å²) in [5, 5.41) is 1.32. The molecule has 2 saturated heterocycles. The van der Waals surface area contributed by atoms with Crippen molar-refractivity contribution in [3.05, 3.63) is 63.8 Å². The molecule has 3 heterocycles. The molecule has 6 nitrogen and oxygen atoms in total. The highest BCUT2D eigenvalue weighted by Crippen LogP contribution is 2.34. The van der Waals surface area contributed by atoms with E-state index in [1.54, 1.807) is 37.4 Å². The van der Waals surface area contributed by atoms with Gasteiger partial charge in [-0.05, 0) is 62.2 Å². The fraction of sp³-hybridized carbons (Fsp3) is 0.333. The molecule has 0 saturated carbocycles. The smallest absolute Gasteiger partial charge is 0.263 e. The monoisotopic (exact) mass is 455 g/mol. The number of hydrogen-bond donors (Lipinski definition) is 1. The van der Waals surface area contributed by atoms with Gasteiger partial charge in [0.2, 0.25) is 0 Å². The predicted molar refractivity (Wildman–Crippen MR) is 122 cm³/mol. The molecule has 166 valence electrons. The molecule has 2 bridgehead atoms. The number of likely N-dealkylation sites (N-methyl/N-ethyl adjacent to an activating group) is 1. The summed E-state index contributed by atoms with van der Waals surface area (Å²) in [5.41, 5.74) is 1.00. The van der Waals surface area contributed by atoms with E-state index >= 15 is 0 Å². The molecule has 5 rings (SSSR count). The van der Waals surface area contributed by atoms with Crippen LogP contribution < -0.4 is 10.3 Å². The number of amides is 1. The van der Waals surface area contributed by atoms with Gasteiger partial charge >= 0.3 is 0 Å². The number of piperazine rings is 1. The summed E-state index contributed by atoms with van der Waals surface area (Å²) in [7, 11) is 2.09. The van der Waals surface area contributed by atoms with E-state index in [4.69, 9.17) is 16.3 Å². The molecule has 0 radical (unpaired) electrons. The molecule has 1 N–H and O–H groups in total. The molecule has 8 heteroatoms. The number of halogens is 2. The molecule has 1 aromatic heterocycles. The molecule has 0 spiro atoms. The number of nitrogens with one attached hydrogen (secondary N) is 1. The highest BCUT2D eigenvalue weighted by atomic mass is 35.5. The largest absolute Gasteiger partial charge is 0.481 e. The number of pyridine rings is 1. The first-order valence-corrected chi connectivity index (χ1v) is 11.0. The standard InChI is InChI=1S/C24H23ClFN3O3/c1-13(24(31)29-12-15-8-16(29)11-28(15)2)32-17-4-6-18-20(9-17)23(30)27-10-21(18)19-5-3-14(26)7-22(19)25/h3-7,9-10,13,15-16H,8,11-12H2,1-2H3,(H,27,30)/t13-,15?,16?/m1/s1. The normalized spacial score (nSPS) is 21.3. The molecule has 3 aromatic rings. The zero-order chi connectivity index (χ0) is 22.6. The third kappa shape index (κ3) is 3.55. The van der Waals surface area contributed by atoms with E-state index in [1.807, 2.05) is 4.90 Å². The molecular weight excluding hydrogens is 433 g/mol. The first-order chi connectivity index (χ1) is 15.3. The maximum atomic E-state index is 13.5. The average molecular weight is 456 g/mol. The van der Waals surface area contributed by atoms with Crippen LogP contribution in [0.5, 0.6) is 5.75 Å². The van der Waals surface area contributed by atoms with Crippen LogP contribution in [-0.2, 0) is 4.79 Å². The molecule has 32 heavy (non-hydrogen) atoms. The first kappa shape index (κ1) is 21.0. The van der Waals surface area contributed by atoms with Gasteiger partial charge in [-0.15, -0.1) is 0 Å². The third-order valence-corrected chi connectivity index (χ3v) is 6.87. The topological polar surface area (TPSA) is 65.6 Å². The number of benzene rings is 2. The van der Waals surface area contributed by atoms with Crippen molar-refractivity contribution < 1.29 is 13.9 Å². The Morgan fingerprint density at radius 3 is 2.66 bits per heavy atom. The van der Waals surface area contributed by atoms with E-state index in [2.05, 4.69) is 16.9 Å². The lowest BCUT2D eigenvalue weighted by molar-refractivity contribution is -0.140. The summed E-state index contributed by atoms with van der Waals surface area (Å²) in [6.45, 7) is 3.36. The number of carbonyl (C=O) groups excluding carboxylic acids is 1. The summed E-state index contributed by atoms with van der Waals surface area (Å²) >= 11 is 6.24. The predicted octanol–water partition coefficient (Wildman–Crippen LogP) is 3.67. The van der Waals surface area contributed by atoms with Crippen LogP contribution in [0.25, 0.3) is 21.9 Å². The number of likely N-dealkylation sites (tertiary alicyclic amines) is 2. The minimum atomic E-state index is -0.661. The Morgan fingerprint density at radius 2 is 1.97 bits per heavy atom. The van der Waals surface area contributed by atoms with Gasteiger partial charge in [-0.1, -0.05) is 11.6 Å². The number of rotatable bonds is 4. The van der Waals surface area contributed by atoms with Crippen molar-refractivity contribution in [2.45, 2.75) is 31.5 Å². The van der Waals surface area contributed by atoms with Gasteiger partial charge < -0.3 is 14.6 Å². The van der Waals surface area contributed by atoms with Crippen molar-refractivity contribution in [2.24, 2.45) is 0 Å². The summed E-state index contributed by atoms with van der Waals surface area (Å²) in [5.74, 6) is -0.0289. The molecule has 2 aliphatic rings. The SMILES string of the molecule is C[C@@H](Oc1ccc2c(-c3ccc(F)cc3Cl)c[nH]c(=O)c2c1)C(=O)N1CC2CC1CN2C. The summed E-state index contributed by atoms with van der Waals surface area (Å²) in [6, 6.07) is 9.93. The van der Waals surface area contributed by atoms with Crippen molar-refractivity contribution in [1.82, 2.24) is 14.8 Å². The number of fused-ring (bicyclic) bond motifs is 3. The van der Waals surface area contributed by atoms with Gasteiger partial charge in [-0.25, -0.2) is 4.39 Å². The number of H-pyrrole nitrogens is 1. The number of hydrogen-bond acceptors (Lipinski definition) is 4. The van der Waals surface area contributed by atoms with E-state index in [1.165, 1.54) is 12.1 Å². The number of aromatic amines is 1. The molecule has 3 atom stereocenters. The van der Waals surface area contributed by atoms with Crippen LogP contribution in [0.4, 0.5) is 4.39 Å². The fourth-order valence-corrected chi connectivity index (χ4v) is 5.14. The van der Waals surface area contributed by atoms with Crippen molar-refractivity contribution >= 4 is 28.3 Å². The van der Waals surface area contributed by atoms with Crippen LogP contribution in [0.1, 0.15) is 13.3 Å². The number of aromatic nitrogens is 1. The maximum Gasteiger partial charge on any atom is 0.263 e. The zero-order valence-electron chi connectivity index (χ0n) is 17.8. The number of nitrogens with zero attached hydrogens (tertiary/aromatic N) is 2. The van der Waals surface area contributed by atoms with Gasteiger partial charge in [0.25, 0.3) is 11.5 Å². The highest BCUT2D eigenvalue weighted by Gasteiger charge is 2.44. The first-order valence-electron chi connectivity index (χ1n) is 10.6. The van der Waals surface area contributed by atoms with Crippen molar-refractivity contribution in [3.8, 4) is 16.9 Å². The Balaban J connectivity index is 1.42. The lowest BCUT2D eigenvalue weighted by atomic mass is 10.0. The van der Waals surface area contributed by atoms with Crippen LogP contribution in [0.3, 0.4) is 0 Å². The van der Waals surface area contributed by atoms with E-state index in [9.17, 15) is 14.0 Å². The van der Waals surface area contributed by atoms with Crippen LogP contribution in [0, 0.1) is 5.82 Å². The molecule has 2 aromatic carbocycles. The molecule has 2 aliphatic heterocycles. The van der Waals surface area contributed by atoms with Crippen LogP contribution in [-0.4, -0.2) is 59.0 Å². The maximum absolute atomic E-state index is 13.5. The van der Waals surface area contributed by atoms with Crippen LogP contribution >= 0.6 is 11.6 Å². The second-order valence-corrected chi connectivity index (χ2v) is 9.00. The summed E-state index contributed by atoms with van der Waals surface area (Å²) in [4.78, 5) is 32.4. The van der Waals surface area contributed by atoms with E-state index in [0.29, 0.717) is 33.7 Å². The van der Waals surface area contributed by atoms with E-state index < -0.39 is 11.9 Å². The van der Waals surface area contributed by atoms with Crippen LogP contribution in [0.15, 0.2) is 47.4 Å². The lowest BCUT2D eigenvalue weighted by Gasteiger charge is -2.33. The van der Waals surface area contributed by atoms with Gasteiger partial charge in [0.1, 0.15) is 11.6 Å². The van der Waals surface area contributed by atoms with Gasteiger partial charge in [0, 0.05) is 42.5 Å². The van der Waals surface area contributed by atoms with Gasteiger partial charge in [0.15, 0.2) is 6.10 Å². The second-order valence-electron chi connectivity index (χ2n) is 8.60. The van der Waals surface area contributed by atoms with Gasteiger partial charge in [-0.2, -0.15) is 0 Å². The molecule has 2 fully saturated rings. The van der Waals surface area contributed by atoms with Crippen LogP contribution in [0.2, 0.25) is 5.02 Å². The summed E-state index contributed by atoms with van der Waals surface area (Å²) in [6.07, 6.45) is 1.91. The van der Waals surface area contributed by atoms with E-state index in [-0.39, 0.29) is 22.5 Å². The molecule has 1 amide bonds. The number of ether oxygens (including phenoxy) is 1. The fourth-order valence-electron chi connectivity index (χ4n) is 4.87. The Hall–Kier alpha value is -2.90. The van der Waals surface area contributed by atoms with Crippen molar-refractivity contribution in [2.75, 3.05) is 20.1 Å². The Morgan fingerprint density at radius 1 is 1.16 bits per heavy atom. The Kier molecular flexibility index (Phi) is 5.18. The average Bonchev–Trinajstić information content (AvgIpc) is 3.34. The minimum absolute atomic E-state index is 0.0357. The number of carbonyl (C=O) groups is 1. The van der Waals surface area contributed by atoms with Crippen molar-refractivity contribution in [3.63, 3.8) is 0 Å². The van der Waals surface area contributed by atoms with Gasteiger partial charge in [0.05, 0.1) is 10.4 Å². The van der Waals surface area contributed by atoms with Gasteiger partial charge in [-0.3, -0.25) is 14.5 Å². The highest BCUT2D eigenvalue weighted by molar-refractivity contribution is 6.33. The van der Waals surface area contributed by atoms with E-state index in [0.717, 1.165) is 19.5 Å².